The van der Waals surface area contributed by atoms with Gasteiger partial charge in [0.25, 0.3) is 0 Å². The van der Waals surface area contributed by atoms with Crippen molar-refractivity contribution in [3.63, 3.8) is 0 Å². The molecule has 2 atom stereocenters. The highest BCUT2D eigenvalue weighted by Gasteiger charge is 2.29. The first kappa shape index (κ1) is 15.3. The molecular weight excluding hydrogens is 298 g/mol. The molecule has 20 heavy (non-hydrogen) atoms. The van der Waals surface area contributed by atoms with E-state index in [1.54, 1.807) is 11.0 Å². The first-order chi connectivity index (χ1) is 9.47. The normalized spacial score (nSPS) is 20.7. The van der Waals surface area contributed by atoms with Gasteiger partial charge in [0.15, 0.2) is 0 Å². The topological polar surface area (TPSA) is 57.6 Å². The molecule has 0 aliphatic carbocycles. The third-order valence-electron chi connectivity index (χ3n) is 3.69. The Bertz CT molecular complexity index is 502. The number of likely N-dealkylation sites (tertiary alicyclic amines) is 1. The zero-order valence-electron chi connectivity index (χ0n) is 11.3. The molecule has 2 heterocycles. The highest BCUT2D eigenvalue weighted by Crippen LogP contribution is 2.30. The average molecular weight is 316 g/mol. The smallest absolute Gasteiger partial charge is 0.303 e. The lowest BCUT2D eigenvalue weighted by Gasteiger charge is -2.33. The van der Waals surface area contributed by atoms with Crippen LogP contribution in [-0.4, -0.2) is 35.0 Å². The highest BCUT2D eigenvalue weighted by atomic mass is 35.5. The largest absolute Gasteiger partial charge is 0.481 e. The summed E-state index contributed by atoms with van der Waals surface area (Å²) in [7, 11) is 0. The van der Waals surface area contributed by atoms with E-state index in [0.717, 1.165) is 24.3 Å². The molecule has 1 N–H and O–H groups in total. The number of piperidine rings is 1. The Morgan fingerprint density at radius 1 is 1.55 bits per heavy atom. The van der Waals surface area contributed by atoms with Crippen LogP contribution in [0.1, 0.15) is 37.0 Å². The summed E-state index contributed by atoms with van der Waals surface area (Å²) >= 11 is 7.33. The number of carboxylic acids is 1. The number of hydrogen-bond donors (Lipinski definition) is 1. The van der Waals surface area contributed by atoms with E-state index >= 15 is 0 Å². The number of nitrogens with zero attached hydrogens (tertiary/aromatic N) is 1. The van der Waals surface area contributed by atoms with Crippen LogP contribution in [-0.2, 0) is 9.59 Å². The van der Waals surface area contributed by atoms with Crippen LogP contribution in [0.25, 0.3) is 0 Å². The molecule has 1 saturated heterocycles. The minimum Gasteiger partial charge on any atom is -0.481 e. The van der Waals surface area contributed by atoms with Crippen molar-refractivity contribution in [2.75, 3.05) is 13.1 Å². The number of thiophene rings is 1. The molecule has 1 aromatic heterocycles. The molecular formula is C14H18ClNO3S. The molecule has 0 saturated carbocycles. The van der Waals surface area contributed by atoms with Gasteiger partial charge in [0, 0.05) is 24.4 Å². The zero-order chi connectivity index (χ0) is 14.7. The highest BCUT2D eigenvalue weighted by molar-refractivity contribution is 7.16. The molecule has 1 fully saturated rings. The predicted octanol–water partition coefficient (Wildman–Crippen LogP) is 3.22. The van der Waals surface area contributed by atoms with Gasteiger partial charge in [-0.2, -0.15) is 0 Å². The van der Waals surface area contributed by atoms with E-state index in [4.69, 9.17) is 16.7 Å². The van der Waals surface area contributed by atoms with Gasteiger partial charge < -0.3 is 10.0 Å². The van der Waals surface area contributed by atoms with E-state index in [1.807, 2.05) is 13.0 Å². The molecule has 1 amide bonds. The molecule has 0 unspecified atom stereocenters. The van der Waals surface area contributed by atoms with E-state index in [-0.39, 0.29) is 24.2 Å². The summed E-state index contributed by atoms with van der Waals surface area (Å²) in [4.78, 5) is 26.0. The maximum absolute atomic E-state index is 12.5. The third-order valence-corrected chi connectivity index (χ3v) is 5.10. The van der Waals surface area contributed by atoms with Crippen LogP contribution in [0.5, 0.6) is 0 Å². The van der Waals surface area contributed by atoms with Crippen LogP contribution in [0.15, 0.2) is 12.1 Å². The number of hydrogen-bond acceptors (Lipinski definition) is 3. The van der Waals surface area contributed by atoms with Crippen LogP contribution in [0, 0.1) is 5.92 Å². The number of amides is 1. The summed E-state index contributed by atoms with van der Waals surface area (Å²) in [6.45, 7) is 3.15. The lowest BCUT2D eigenvalue weighted by molar-refractivity contribution is -0.141. The number of carbonyl (C=O) groups is 2. The van der Waals surface area contributed by atoms with Gasteiger partial charge in [-0.3, -0.25) is 9.59 Å². The van der Waals surface area contributed by atoms with Crippen molar-refractivity contribution in [2.45, 2.75) is 32.1 Å². The Labute approximate surface area is 127 Å². The number of carbonyl (C=O) groups excluding carboxylic acids is 1. The fraction of sp³-hybridized carbons (Fsp3) is 0.571. The van der Waals surface area contributed by atoms with Crippen LogP contribution in [0.3, 0.4) is 0 Å². The molecule has 0 radical (unpaired) electrons. The van der Waals surface area contributed by atoms with E-state index < -0.39 is 5.97 Å². The number of carboxylic acid groups (broad SMARTS) is 1. The Hall–Kier alpha value is -1.07. The van der Waals surface area contributed by atoms with Gasteiger partial charge in [-0.1, -0.05) is 11.6 Å². The first-order valence-electron chi connectivity index (χ1n) is 6.73. The zero-order valence-corrected chi connectivity index (χ0v) is 12.9. The maximum atomic E-state index is 12.5. The number of rotatable bonds is 4. The molecule has 2 rings (SSSR count). The van der Waals surface area contributed by atoms with Crippen molar-refractivity contribution >= 4 is 34.8 Å². The molecule has 0 aromatic carbocycles. The van der Waals surface area contributed by atoms with Gasteiger partial charge in [0.05, 0.1) is 10.3 Å². The molecule has 4 nitrogen and oxygen atoms in total. The Morgan fingerprint density at radius 2 is 2.30 bits per heavy atom. The summed E-state index contributed by atoms with van der Waals surface area (Å²) in [5, 5.41) is 8.86. The monoisotopic (exact) mass is 315 g/mol. The fourth-order valence-electron chi connectivity index (χ4n) is 2.64. The van der Waals surface area contributed by atoms with Crippen LogP contribution < -0.4 is 0 Å². The standard InChI is InChI=1S/C14H18ClNO3S/c1-9(11-4-5-12(15)20-11)14(19)16-6-2-3-10(8-16)7-13(17)18/h4-5,9-10H,2-3,6-8H2,1H3,(H,17,18)/t9-,10+/m0/s1. The minimum absolute atomic E-state index is 0.0682. The Morgan fingerprint density at radius 3 is 2.90 bits per heavy atom. The van der Waals surface area contributed by atoms with Gasteiger partial charge in [-0.15, -0.1) is 11.3 Å². The summed E-state index contributed by atoms with van der Waals surface area (Å²) in [5.41, 5.74) is 0. The van der Waals surface area contributed by atoms with Crippen molar-refractivity contribution in [3.05, 3.63) is 21.3 Å². The summed E-state index contributed by atoms with van der Waals surface area (Å²) in [5.74, 6) is -0.860. The maximum Gasteiger partial charge on any atom is 0.303 e. The van der Waals surface area contributed by atoms with Crippen molar-refractivity contribution in [1.29, 1.82) is 0 Å². The van der Waals surface area contributed by atoms with Crippen molar-refractivity contribution < 1.29 is 14.7 Å². The minimum atomic E-state index is -0.789. The van der Waals surface area contributed by atoms with E-state index in [1.165, 1.54) is 11.3 Å². The average Bonchev–Trinajstić information content (AvgIpc) is 2.83. The fourth-order valence-corrected chi connectivity index (χ4v) is 3.74. The van der Waals surface area contributed by atoms with Crippen LogP contribution >= 0.6 is 22.9 Å². The molecule has 1 aliphatic heterocycles. The molecule has 0 bridgehead atoms. The SMILES string of the molecule is C[C@H](C(=O)N1CCC[C@H](CC(=O)O)C1)c1ccc(Cl)s1. The first-order valence-corrected chi connectivity index (χ1v) is 7.92. The van der Waals surface area contributed by atoms with Gasteiger partial charge in [-0.25, -0.2) is 0 Å². The van der Waals surface area contributed by atoms with Crippen LogP contribution in [0.4, 0.5) is 0 Å². The van der Waals surface area contributed by atoms with Gasteiger partial charge in [-0.05, 0) is 37.8 Å². The quantitative estimate of drug-likeness (QED) is 0.928. The van der Waals surface area contributed by atoms with Gasteiger partial charge in [0.1, 0.15) is 0 Å². The Balaban J connectivity index is 1.99. The predicted molar refractivity (Wildman–Crippen MR) is 79.3 cm³/mol. The van der Waals surface area contributed by atoms with Gasteiger partial charge >= 0.3 is 5.97 Å². The molecule has 110 valence electrons. The molecule has 1 aromatic rings. The summed E-state index contributed by atoms with van der Waals surface area (Å²) in [6.07, 6.45) is 1.90. The lowest BCUT2D eigenvalue weighted by Crippen LogP contribution is -2.42. The molecule has 0 spiro atoms. The molecule has 1 aliphatic rings. The van der Waals surface area contributed by atoms with E-state index in [2.05, 4.69) is 0 Å². The summed E-state index contributed by atoms with van der Waals surface area (Å²) < 4.78 is 0.682. The molecule has 6 heteroatoms. The van der Waals surface area contributed by atoms with E-state index in [9.17, 15) is 9.59 Å². The van der Waals surface area contributed by atoms with E-state index in [0.29, 0.717) is 10.9 Å². The van der Waals surface area contributed by atoms with Crippen molar-refractivity contribution in [1.82, 2.24) is 4.90 Å². The van der Waals surface area contributed by atoms with Crippen molar-refractivity contribution in [3.8, 4) is 0 Å². The lowest BCUT2D eigenvalue weighted by atomic mass is 9.94. The van der Waals surface area contributed by atoms with Crippen LogP contribution in [0.2, 0.25) is 4.34 Å². The second kappa shape index (κ2) is 6.59. The van der Waals surface area contributed by atoms with Gasteiger partial charge in [0.2, 0.25) is 5.91 Å². The number of halogens is 1. The second-order valence-corrected chi connectivity index (χ2v) is 7.00. The number of aliphatic carboxylic acids is 1. The Kier molecular flexibility index (Phi) is 5.05. The third kappa shape index (κ3) is 3.73. The second-order valence-electron chi connectivity index (χ2n) is 5.25. The summed E-state index contributed by atoms with van der Waals surface area (Å²) in [6, 6.07) is 3.68. The van der Waals surface area contributed by atoms with Crippen molar-refractivity contribution in [2.24, 2.45) is 5.92 Å².